The molecule has 0 spiro atoms. The number of fused-ring (bicyclic) bond motifs is 5. The molecule has 0 heterocycles. The van der Waals surface area contributed by atoms with Gasteiger partial charge >= 0.3 is 6.16 Å². The van der Waals surface area contributed by atoms with Gasteiger partial charge in [-0.25, -0.2) is 4.79 Å². The molecule has 3 nitrogen and oxygen atoms in total. The largest absolute Gasteiger partial charge is 0.514 e. The van der Waals surface area contributed by atoms with Gasteiger partial charge in [-0.3, -0.25) is 0 Å². The fraction of sp³-hybridized carbons (Fsp3) is 0.775. The van der Waals surface area contributed by atoms with E-state index in [2.05, 4.69) is 45.9 Å². The zero-order valence-electron chi connectivity index (χ0n) is 28.1. The van der Waals surface area contributed by atoms with E-state index in [0.717, 1.165) is 49.4 Å². The van der Waals surface area contributed by atoms with Gasteiger partial charge in [0.2, 0.25) is 0 Å². The first-order valence-corrected chi connectivity index (χ1v) is 18.5. The monoisotopic (exact) mass is 590 g/mol. The lowest BCUT2D eigenvalue weighted by Gasteiger charge is -2.58. The van der Waals surface area contributed by atoms with Crippen LogP contribution in [0.2, 0.25) is 0 Å². The summed E-state index contributed by atoms with van der Waals surface area (Å²) in [4.78, 5) is 12.7. The zero-order valence-corrected chi connectivity index (χ0v) is 28.1. The summed E-state index contributed by atoms with van der Waals surface area (Å²) in [5, 5.41) is 0. The maximum Gasteiger partial charge on any atom is 0.514 e. The maximum atomic E-state index is 12.7. The molecule has 0 bridgehead atoms. The Labute approximate surface area is 264 Å². The van der Waals surface area contributed by atoms with E-state index >= 15 is 0 Å². The first-order chi connectivity index (χ1) is 20.9. The fourth-order valence-electron chi connectivity index (χ4n) is 10.2. The van der Waals surface area contributed by atoms with Crippen LogP contribution in [-0.2, 0) is 11.2 Å². The third-order valence-corrected chi connectivity index (χ3v) is 12.9. The van der Waals surface area contributed by atoms with E-state index in [1.807, 2.05) is 12.1 Å². The molecule has 240 valence electrons. The number of benzene rings is 1. The molecule has 0 saturated heterocycles. The van der Waals surface area contributed by atoms with Crippen molar-refractivity contribution in [3.8, 4) is 5.75 Å². The minimum atomic E-state index is -0.547. The summed E-state index contributed by atoms with van der Waals surface area (Å²) in [5.41, 5.74) is 3.71. The number of carbonyl (C=O) groups is 1. The van der Waals surface area contributed by atoms with Gasteiger partial charge in [0.05, 0.1) is 0 Å². The van der Waals surface area contributed by atoms with Gasteiger partial charge in [0.25, 0.3) is 0 Å². The van der Waals surface area contributed by atoms with Crippen LogP contribution >= 0.6 is 0 Å². The summed E-state index contributed by atoms with van der Waals surface area (Å²) in [6, 6.07) is 7.99. The maximum absolute atomic E-state index is 12.7. The average Bonchev–Trinajstić information content (AvgIpc) is 3.34. The molecule has 43 heavy (non-hydrogen) atoms. The quantitative estimate of drug-likeness (QED) is 0.0935. The van der Waals surface area contributed by atoms with Crippen LogP contribution in [0.1, 0.15) is 155 Å². The SMILES string of the molecule is CCCCCCCC[C@H]1CC[C@H]2[C@@H]3CC=C4C[C@@H](OC(=O)Oc5ccc(CCCCCC)cc5)CC[C@]4(C)[C@H]3CC[C@]12C. The molecule has 5 rings (SSSR count). The van der Waals surface area contributed by atoms with E-state index in [4.69, 9.17) is 9.47 Å². The van der Waals surface area contributed by atoms with E-state index in [1.54, 1.807) is 5.57 Å². The summed E-state index contributed by atoms with van der Waals surface area (Å²) in [6.07, 6.45) is 28.0. The molecular formula is C40H62O3. The molecule has 4 aliphatic rings. The Bertz CT molecular complexity index is 1060. The van der Waals surface area contributed by atoms with Crippen LogP contribution in [0.15, 0.2) is 35.9 Å². The van der Waals surface area contributed by atoms with E-state index in [-0.39, 0.29) is 11.5 Å². The lowest BCUT2D eigenvalue weighted by atomic mass is 9.47. The van der Waals surface area contributed by atoms with Crippen molar-refractivity contribution in [2.45, 2.75) is 162 Å². The number of hydrogen-bond donors (Lipinski definition) is 0. The van der Waals surface area contributed by atoms with Crippen molar-refractivity contribution in [1.29, 1.82) is 0 Å². The van der Waals surface area contributed by atoms with Crippen LogP contribution in [0.25, 0.3) is 0 Å². The molecule has 3 fully saturated rings. The predicted molar refractivity (Wildman–Crippen MR) is 178 cm³/mol. The van der Waals surface area contributed by atoms with Crippen molar-refractivity contribution in [3.63, 3.8) is 0 Å². The van der Waals surface area contributed by atoms with E-state index < -0.39 is 6.16 Å². The predicted octanol–water partition coefficient (Wildman–Crippen LogP) is 12.0. The normalized spacial score (nSPS) is 33.2. The number of ether oxygens (including phenoxy) is 2. The molecule has 0 aromatic heterocycles. The molecule has 0 N–H and O–H groups in total. The number of unbranched alkanes of at least 4 members (excludes halogenated alkanes) is 8. The second-order valence-electron chi connectivity index (χ2n) is 15.4. The van der Waals surface area contributed by atoms with Gasteiger partial charge < -0.3 is 9.47 Å². The first kappa shape index (κ1) is 32.6. The Kier molecular flexibility index (Phi) is 11.4. The van der Waals surface area contributed by atoms with E-state index in [9.17, 15) is 4.79 Å². The summed E-state index contributed by atoms with van der Waals surface area (Å²) in [5.74, 6) is 4.07. The lowest BCUT2D eigenvalue weighted by molar-refractivity contribution is -0.0538. The van der Waals surface area contributed by atoms with Crippen molar-refractivity contribution in [3.05, 3.63) is 41.5 Å². The van der Waals surface area contributed by atoms with Crippen LogP contribution in [0.5, 0.6) is 5.75 Å². The number of allylic oxidation sites excluding steroid dienone is 1. The third kappa shape index (κ3) is 7.55. The highest BCUT2D eigenvalue weighted by molar-refractivity contribution is 5.64. The number of carbonyl (C=O) groups excluding carboxylic acids is 1. The molecule has 1 aromatic carbocycles. The highest BCUT2D eigenvalue weighted by atomic mass is 16.7. The molecule has 1 aromatic rings. The second kappa shape index (κ2) is 15.0. The summed E-state index contributed by atoms with van der Waals surface area (Å²) in [6.45, 7) is 9.79. The van der Waals surface area contributed by atoms with Gasteiger partial charge in [0.15, 0.2) is 0 Å². The minimum Gasteiger partial charge on any atom is -0.430 e. The van der Waals surface area contributed by atoms with Crippen molar-refractivity contribution in [1.82, 2.24) is 0 Å². The molecule has 0 unspecified atom stereocenters. The topological polar surface area (TPSA) is 35.5 Å². The first-order valence-electron chi connectivity index (χ1n) is 18.5. The third-order valence-electron chi connectivity index (χ3n) is 12.9. The van der Waals surface area contributed by atoms with Crippen LogP contribution in [0.4, 0.5) is 4.79 Å². The van der Waals surface area contributed by atoms with Gasteiger partial charge in [0.1, 0.15) is 11.9 Å². The number of aryl methyl sites for hydroxylation is 1. The molecule has 0 amide bonds. The Balaban J connectivity index is 1.11. The van der Waals surface area contributed by atoms with Crippen LogP contribution in [-0.4, -0.2) is 12.3 Å². The average molecular weight is 591 g/mol. The zero-order chi connectivity index (χ0) is 30.3. The number of hydrogen-bond acceptors (Lipinski definition) is 3. The Hall–Kier alpha value is -1.77. The van der Waals surface area contributed by atoms with Crippen molar-refractivity contribution in [2.75, 3.05) is 0 Å². The van der Waals surface area contributed by atoms with Gasteiger partial charge in [-0.1, -0.05) is 109 Å². The lowest BCUT2D eigenvalue weighted by Crippen LogP contribution is -2.50. The van der Waals surface area contributed by atoms with Gasteiger partial charge in [-0.15, -0.1) is 0 Å². The molecule has 0 aliphatic heterocycles. The molecule has 7 atom stereocenters. The summed E-state index contributed by atoms with van der Waals surface area (Å²) < 4.78 is 11.5. The Morgan fingerprint density at radius 2 is 1.53 bits per heavy atom. The van der Waals surface area contributed by atoms with Crippen LogP contribution < -0.4 is 4.74 Å². The van der Waals surface area contributed by atoms with Crippen LogP contribution in [0.3, 0.4) is 0 Å². The molecule has 3 heteroatoms. The highest BCUT2D eigenvalue weighted by Crippen LogP contribution is 2.66. The van der Waals surface area contributed by atoms with E-state index in [1.165, 1.54) is 108 Å². The Morgan fingerprint density at radius 3 is 2.30 bits per heavy atom. The Morgan fingerprint density at radius 1 is 0.814 bits per heavy atom. The van der Waals surface area contributed by atoms with Gasteiger partial charge in [0, 0.05) is 6.42 Å². The van der Waals surface area contributed by atoms with E-state index in [0.29, 0.717) is 11.2 Å². The molecule has 4 aliphatic carbocycles. The van der Waals surface area contributed by atoms with Crippen molar-refractivity contribution in [2.24, 2.45) is 34.5 Å². The summed E-state index contributed by atoms with van der Waals surface area (Å²) in [7, 11) is 0. The molecular weight excluding hydrogens is 528 g/mol. The smallest absolute Gasteiger partial charge is 0.430 e. The standard InChI is InChI=1S/C40H62O3/c1-5-7-9-11-12-14-16-31-20-24-36-35-23-19-32-29-34(25-27-40(32,4)37(35)26-28-39(31,36)3)43-38(41)42-33-21-17-30(18-22-33)15-13-10-8-6-2/h17-19,21-22,31,34-37H,5-16,20,23-29H2,1-4H3/t31-,34-,35-,36-,37-,39+,40-/m0/s1. The van der Waals surface area contributed by atoms with Crippen molar-refractivity contribution < 1.29 is 14.3 Å². The minimum absolute atomic E-state index is 0.0664. The van der Waals surface area contributed by atoms with Gasteiger partial charge in [-0.2, -0.15) is 0 Å². The highest BCUT2D eigenvalue weighted by Gasteiger charge is 2.58. The second-order valence-corrected chi connectivity index (χ2v) is 15.4. The molecule has 3 saturated carbocycles. The van der Waals surface area contributed by atoms with Gasteiger partial charge in [-0.05, 0) is 116 Å². The fourth-order valence-corrected chi connectivity index (χ4v) is 10.2. The number of rotatable bonds is 14. The van der Waals surface area contributed by atoms with Crippen LogP contribution in [0, 0.1) is 34.5 Å². The van der Waals surface area contributed by atoms with Crippen molar-refractivity contribution >= 4 is 6.16 Å². The molecule has 0 radical (unpaired) electrons. The summed E-state index contributed by atoms with van der Waals surface area (Å²) >= 11 is 0.